The topological polar surface area (TPSA) is 40.5 Å². The van der Waals surface area contributed by atoms with E-state index in [0.717, 1.165) is 11.3 Å². The van der Waals surface area contributed by atoms with Crippen LogP contribution in [0.25, 0.3) is 0 Å². The monoisotopic (exact) mass is 191 g/mol. The number of carboxylic acid groups (broad SMARTS) is 1. The molecule has 3 nitrogen and oxygen atoms in total. The van der Waals surface area contributed by atoms with E-state index in [4.69, 9.17) is 5.11 Å². The van der Waals surface area contributed by atoms with Gasteiger partial charge in [-0.3, -0.25) is 4.79 Å². The van der Waals surface area contributed by atoms with Crippen LogP contribution in [-0.2, 0) is 4.79 Å². The van der Waals surface area contributed by atoms with Crippen LogP contribution in [0, 0.1) is 6.92 Å². The van der Waals surface area contributed by atoms with Crippen molar-refractivity contribution < 1.29 is 9.90 Å². The Morgan fingerprint density at radius 2 is 2.29 bits per heavy atom. The minimum Gasteiger partial charge on any atom is -0.481 e. The minimum absolute atomic E-state index is 0.365. The molecular weight excluding hydrogens is 178 g/mol. The number of carboxylic acids is 1. The Kier molecular flexibility index (Phi) is 1.95. The molecule has 0 aromatic heterocycles. The number of hydrogen-bond donors (Lipinski definition) is 1. The average Bonchev–Trinajstić information content (AvgIpc) is 2.44. The predicted octanol–water partition coefficient (Wildman–Crippen LogP) is 1.61. The summed E-state index contributed by atoms with van der Waals surface area (Å²) < 4.78 is 0. The summed E-state index contributed by atoms with van der Waals surface area (Å²) in [5.41, 5.74) is 3.16. The van der Waals surface area contributed by atoms with Crippen molar-refractivity contribution in [2.24, 2.45) is 0 Å². The number of nitrogens with zero attached hydrogens (tertiary/aromatic N) is 1. The van der Waals surface area contributed by atoms with Crippen molar-refractivity contribution in [2.45, 2.75) is 12.8 Å². The molecule has 1 unspecified atom stereocenters. The molecule has 14 heavy (non-hydrogen) atoms. The first-order chi connectivity index (χ1) is 6.59. The zero-order chi connectivity index (χ0) is 10.3. The molecule has 1 aromatic rings. The van der Waals surface area contributed by atoms with Crippen molar-refractivity contribution in [3.8, 4) is 0 Å². The van der Waals surface area contributed by atoms with E-state index in [0.29, 0.717) is 6.54 Å². The normalized spacial score (nSPS) is 19.6. The van der Waals surface area contributed by atoms with Gasteiger partial charge in [0, 0.05) is 19.3 Å². The lowest BCUT2D eigenvalue weighted by atomic mass is 10.0. The van der Waals surface area contributed by atoms with Gasteiger partial charge in [0.15, 0.2) is 0 Å². The number of carbonyl (C=O) groups is 1. The van der Waals surface area contributed by atoms with Crippen molar-refractivity contribution in [3.63, 3.8) is 0 Å². The first-order valence-corrected chi connectivity index (χ1v) is 4.64. The van der Waals surface area contributed by atoms with Crippen molar-refractivity contribution in [2.75, 3.05) is 18.5 Å². The maximum Gasteiger partial charge on any atom is 0.312 e. The maximum atomic E-state index is 11.0. The highest BCUT2D eigenvalue weighted by Gasteiger charge is 2.31. The van der Waals surface area contributed by atoms with Gasteiger partial charge in [0.25, 0.3) is 0 Å². The first kappa shape index (κ1) is 9.06. The van der Waals surface area contributed by atoms with Crippen LogP contribution >= 0.6 is 0 Å². The lowest BCUT2D eigenvalue weighted by Crippen LogP contribution is -2.19. The Bertz CT molecular complexity index is 387. The number of hydrogen-bond acceptors (Lipinski definition) is 2. The van der Waals surface area contributed by atoms with Gasteiger partial charge in [-0.15, -0.1) is 0 Å². The number of anilines is 1. The second kappa shape index (κ2) is 3.01. The minimum atomic E-state index is -0.737. The standard InChI is InChI=1S/C11H13NO2/c1-7-3-4-8-9(11(13)14)6-12(2)10(8)5-7/h3-5,9H,6H2,1-2H3,(H,13,14). The fourth-order valence-corrected chi connectivity index (χ4v) is 1.96. The molecule has 1 N–H and O–H groups in total. The molecular formula is C11H13NO2. The van der Waals surface area contributed by atoms with Gasteiger partial charge in [0.1, 0.15) is 5.92 Å². The average molecular weight is 191 g/mol. The van der Waals surface area contributed by atoms with E-state index in [2.05, 4.69) is 0 Å². The van der Waals surface area contributed by atoms with E-state index in [1.165, 1.54) is 5.56 Å². The molecule has 74 valence electrons. The summed E-state index contributed by atoms with van der Waals surface area (Å²) in [6.07, 6.45) is 0. The molecule has 1 aliphatic rings. The van der Waals surface area contributed by atoms with Crippen molar-refractivity contribution in [1.29, 1.82) is 0 Å². The smallest absolute Gasteiger partial charge is 0.312 e. The van der Waals surface area contributed by atoms with Gasteiger partial charge in [-0.05, 0) is 24.1 Å². The van der Waals surface area contributed by atoms with Crippen LogP contribution in [0.15, 0.2) is 18.2 Å². The predicted molar refractivity (Wildman–Crippen MR) is 54.8 cm³/mol. The van der Waals surface area contributed by atoms with Gasteiger partial charge in [0.2, 0.25) is 0 Å². The van der Waals surface area contributed by atoms with Crippen LogP contribution < -0.4 is 4.90 Å². The summed E-state index contributed by atoms with van der Waals surface area (Å²) in [4.78, 5) is 13.0. The summed E-state index contributed by atoms with van der Waals surface area (Å²) in [5, 5.41) is 9.02. The van der Waals surface area contributed by atoms with Gasteiger partial charge in [-0.25, -0.2) is 0 Å². The van der Waals surface area contributed by atoms with Crippen LogP contribution in [0.5, 0.6) is 0 Å². The molecule has 0 bridgehead atoms. The SMILES string of the molecule is Cc1ccc2c(c1)N(C)CC2C(=O)O. The van der Waals surface area contributed by atoms with Crippen LogP contribution in [0.3, 0.4) is 0 Å². The fourth-order valence-electron chi connectivity index (χ4n) is 1.96. The van der Waals surface area contributed by atoms with Crippen molar-refractivity contribution >= 4 is 11.7 Å². The Hall–Kier alpha value is -1.51. The molecule has 0 radical (unpaired) electrons. The van der Waals surface area contributed by atoms with E-state index in [1.54, 1.807) is 0 Å². The summed E-state index contributed by atoms with van der Waals surface area (Å²) in [7, 11) is 1.93. The third-order valence-electron chi connectivity index (χ3n) is 2.73. The van der Waals surface area contributed by atoms with Gasteiger partial charge in [0.05, 0.1) is 0 Å². The highest BCUT2D eigenvalue weighted by molar-refractivity contribution is 5.83. The third kappa shape index (κ3) is 1.25. The lowest BCUT2D eigenvalue weighted by Gasteiger charge is -2.11. The van der Waals surface area contributed by atoms with E-state index in [1.807, 2.05) is 37.1 Å². The second-order valence-corrected chi connectivity index (χ2v) is 3.83. The van der Waals surface area contributed by atoms with Crippen molar-refractivity contribution in [3.05, 3.63) is 29.3 Å². The quantitative estimate of drug-likeness (QED) is 0.733. The van der Waals surface area contributed by atoms with Gasteiger partial charge in [-0.2, -0.15) is 0 Å². The Morgan fingerprint density at radius 3 is 2.93 bits per heavy atom. The molecule has 0 fully saturated rings. The van der Waals surface area contributed by atoms with E-state index >= 15 is 0 Å². The molecule has 1 aromatic carbocycles. The molecule has 0 saturated carbocycles. The maximum absolute atomic E-state index is 11.0. The Morgan fingerprint density at radius 1 is 1.57 bits per heavy atom. The molecule has 0 saturated heterocycles. The Labute approximate surface area is 83.0 Å². The number of likely N-dealkylation sites (N-methyl/N-ethyl adjacent to an activating group) is 1. The van der Waals surface area contributed by atoms with E-state index in [9.17, 15) is 4.79 Å². The number of fused-ring (bicyclic) bond motifs is 1. The molecule has 2 rings (SSSR count). The summed E-state index contributed by atoms with van der Waals surface area (Å²) in [6, 6.07) is 5.93. The number of aryl methyl sites for hydroxylation is 1. The summed E-state index contributed by atoms with van der Waals surface area (Å²) in [5.74, 6) is -1.10. The van der Waals surface area contributed by atoms with Gasteiger partial charge < -0.3 is 10.0 Å². The third-order valence-corrected chi connectivity index (χ3v) is 2.73. The zero-order valence-corrected chi connectivity index (χ0v) is 8.32. The number of rotatable bonds is 1. The molecule has 3 heteroatoms. The molecule has 0 spiro atoms. The molecule has 1 atom stereocenters. The van der Waals surface area contributed by atoms with E-state index < -0.39 is 5.97 Å². The summed E-state index contributed by atoms with van der Waals surface area (Å²) >= 11 is 0. The first-order valence-electron chi connectivity index (χ1n) is 4.64. The van der Waals surface area contributed by atoms with Gasteiger partial charge in [-0.1, -0.05) is 12.1 Å². The molecule has 0 amide bonds. The van der Waals surface area contributed by atoms with Crippen LogP contribution in [-0.4, -0.2) is 24.7 Å². The van der Waals surface area contributed by atoms with Crippen LogP contribution in [0.2, 0.25) is 0 Å². The lowest BCUT2D eigenvalue weighted by molar-refractivity contribution is -0.138. The van der Waals surface area contributed by atoms with Gasteiger partial charge >= 0.3 is 5.97 Å². The number of benzene rings is 1. The number of aliphatic carboxylic acids is 1. The second-order valence-electron chi connectivity index (χ2n) is 3.83. The van der Waals surface area contributed by atoms with Crippen LogP contribution in [0.1, 0.15) is 17.0 Å². The van der Waals surface area contributed by atoms with Crippen molar-refractivity contribution in [1.82, 2.24) is 0 Å². The molecule has 1 heterocycles. The highest BCUT2D eigenvalue weighted by atomic mass is 16.4. The molecule has 1 aliphatic heterocycles. The molecule has 0 aliphatic carbocycles. The zero-order valence-electron chi connectivity index (χ0n) is 8.32. The summed E-state index contributed by atoms with van der Waals surface area (Å²) in [6.45, 7) is 2.59. The Balaban J connectivity index is 2.49. The van der Waals surface area contributed by atoms with Crippen LogP contribution in [0.4, 0.5) is 5.69 Å². The fraction of sp³-hybridized carbons (Fsp3) is 0.364. The van der Waals surface area contributed by atoms with E-state index in [-0.39, 0.29) is 5.92 Å². The largest absolute Gasteiger partial charge is 0.481 e. The highest BCUT2D eigenvalue weighted by Crippen LogP contribution is 2.35.